The molecule has 0 saturated carbocycles. The molecule has 3 aromatic carbocycles. The van der Waals surface area contributed by atoms with Gasteiger partial charge in [0.25, 0.3) is 0 Å². The van der Waals surface area contributed by atoms with Gasteiger partial charge in [0.05, 0.1) is 0 Å². The average molecular weight is 238 g/mol. The molecule has 0 bridgehead atoms. The largest absolute Gasteiger partial charge is 0.0623 e. The molecule has 0 saturated heterocycles. The highest BCUT2D eigenvalue weighted by Gasteiger charge is 1.85. The summed E-state index contributed by atoms with van der Waals surface area (Å²) in [5.41, 5.74) is 0. The highest BCUT2D eigenvalue weighted by Crippen LogP contribution is 2.11. The molecular formula is C16H14. The Balaban J connectivity index is 0.000000138. The molecule has 0 aliphatic heterocycles. The van der Waals surface area contributed by atoms with E-state index in [9.17, 15) is 0 Å². The summed E-state index contributed by atoms with van der Waals surface area (Å²) in [5, 5.41) is 2.62. The molecule has 3 rings (SSSR count). The average Bonchev–Trinajstić information content (AvgIpc) is 2.42. The summed E-state index contributed by atoms with van der Waals surface area (Å²) in [7, 11) is 0. The van der Waals surface area contributed by atoms with Crippen LogP contribution >= 0.6 is 0 Å². The Labute approximate surface area is 96.2 Å². The fraction of sp³-hybridized carbons (Fsp3) is 0. The first-order valence-corrected chi connectivity index (χ1v) is 5.40. The van der Waals surface area contributed by atoms with Crippen molar-refractivity contribution in [3.63, 3.8) is 0 Å². The van der Waals surface area contributed by atoms with Crippen LogP contribution in [0.3, 0.4) is 0 Å². The molecule has 0 aliphatic rings. The molecule has 0 nitrogen and oxygen atoms in total. The Kier molecular flexibility index (Phi) is 3.73. The van der Waals surface area contributed by atoms with Crippen LogP contribution in [-0.2, 0) is 0 Å². The maximum atomic E-state index is 2.12. The first-order chi connectivity index (χ1) is 7.97. The number of fused-ring (bicyclic) bond motifs is 1. The second-order valence-electron chi connectivity index (χ2n) is 3.50. The maximum absolute atomic E-state index is 2.12. The van der Waals surface area contributed by atoms with Gasteiger partial charge in [0.2, 0.25) is 0 Å². The van der Waals surface area contributed by atoms with Gasteiger partial charge in [0.15, 0.2) is 0 Å². The first-order valence-electron chi connectivity index (χ1n) is 5.40. The summed E-state index contributed by atoms with van der Waals surface area (Å²) in [4.78, 5) is 0. The monoisotopic (exact) mass is 238 g/mol. The molecule has 16 heavy (non-hydrogen) atoms. The molecule has 0 aromatic heterocycles. The number of benzene rings is 3. The van der Waals surface area contributed by atoms with Gasteiger partial charge in [-0.1, -0.05) is 84.9 Å². The molecule has 0 N–H and O–H groups in total. The normalized spacial score (nSPS) is 9.25. The van der Waals surface area contributed by atoms with Crippen molar-refractivity contribution in [1.82, 2.24) is 0 Å². The summed E-state index contributed by atoms with van der Waals surface area (Å²) in [6.07, 6.45) is 0. The van der Waals surface area contributed by atoms with Gasteiger partial charge in [-0.3, -0.25) is 0 Å². The van der Waals surface area contributed by atoms with Gasteiger partial charge in [-0.05, 0) is 10.8 Å². The van der Waals surface area contributed by atoms with Gasteiger partial charge in [-0.25, -0.2) is 0 Å². The minimum Gasteiger partial charge on any atom is -0.0623 e. The smallest absolute Gasteiger partial charge is 0.0184 e. The predicted octanol–water partition coefficient (Wildman–Crippen LogP) is 4.53. The second-order valence-corrected chi connectivity index (χ2v) is 3.50. The lowest BCUT2D eigenvalue weighted by atomic mass is 12.1. The van der Waals surface area contributed by atoms with E-state index in [0.29, 0.717) is 0 Å². The van der Waals surface area contributed by atoms with E-state index in [4.69, 9.17) is 0 Å². The molecule has 0 amide bonds. The zero-order valence-corrected chi connectivity index (χ0v) is 9.08. The fourth-order valence-electron chi connectivity index (χ4n) is 1.52. The van der Waals surface area contributed by atoms with E-state index in [1.165, 1.54) is 10.8 Å². The maximum Gasteiger partial charge on any atom is -0.0184 e. The summed E-state index contributed by atoms with van der Waals surface area (Å²) in [5.74, 6) is 0. The van der Waals surface area contributed by atoms with Crippen molar-refractivity contribution in [1.29, 1.82) is 0 Å². The minimum atomic E-state index is 1.31. The van der Waals surface area contributed by atoms with Crippen molar-refractivity contribution < 1.29 is 0 Å². The van der Waals surface area contributed by atoms with Crippen molar-refractivity contribution in [3.8, 4) is 0 Å². The number of hydrogen-bond acceptors (Lipinski definition) is 0. The lowest BCUT2D eigenvalue weighted by molar-refractivity contribution is 1.72. The molecule has 78 valence electrons. The summed E-state index contributed by atoms with van der Waals surface area (Å²) < 4.78 is 0. The summed E-state index contributed by atoms with van der Waals surface area (Å²) in [6, 6.07) is 28.7. The highest BCUT2D eigenvalue weighted by molar-refractivity contribution is 5.81. The lowest BCUT2D eigenvalue weighted by Gasteiger charge is -1.92. The molecule has 0 heteroatoms. The molecule has 0 spiro atoms. The van der Waals surface area contributed by atoms with E-state index < -0.39 is 0 Å². The second kappa shape index (κ2) is 5.72. The minimum absolute atomic E-state index is 1.31. The predicted molar refractivity (Wildman–Crippen MR) is 70.4 cm³/mol. The fourth-order valence-corrected chi connectivity index (χ4v) is 1.52. The zero-order valence-electron chi connectivity index (χ0n) is 9.08. The Hall–Kier alpha value is -2.08. The molecule has 0 aliphatic carbocycles. The zero-order chi connectivity index (χ0) is 11.1. The molecule has 3 aromatic rings. The Morgan fingerprint density at radius 2 is 0.562 bits per heavy atom. The van der Waals surface area contributed by atoms with Crippen LogP contribution < -0.4 is 0 Å². The van der Waals surface area contributed by atoms with Crippen LogP contribution in [0.1, 0.15) is 0 Å². The first kappa shape index (κ1) is 10.4. The van der Waals surface area contributed by atoms with E-state index in [2.05, 4.69) is 48.5 Å². The molecule has 0 fully saturated rings. The van der Waals surface area contributed by atoms with Crippen LogP contribution in [0.15, 0.2) is 84.9 Å². The van der Waals surface area contributed by atoms with Gasteiger partial charge >= 0.3 is 0 Å². The Morgan fingerprint density at radius 1 is 0.312 bits per heavy atom. The van der Waals surface area contributed by atoms with E-state index >= 15 is 0 Å². The standard InChI is InChI=1S/C10H8.C6H6/c1-2-6-10-8-4-3-7-9(10)5-1;1-2-4-6-5-3-1/h1-8H;1-6H/i1+2,2+2,3+2,4+2,5+2,6+2,7+2,8+2,9+2,10+2;1+2,2+2,3+2,4+2,5+2,6+2. The Morgan fingerprint density at radius 3 is 0.812 bits per heavy atom. The van der Waals surface area contributed by atoms with Gasteiger partial charge in [-0.2, -0.15) is 0 Å². The van der Waals surface area contributed by atoms with E-state index in [-0.39, 0.29) is 0 Å². The molecule has 0 heterocycles. The molecule has 0 unspecified atom stereocenters. The third-order valence-corrected chi connectivity index (χ3v) is 2.33. The van der Waals surface area contributed by atoms with Crippen molar-refractivity contribution >= 4 is 10.8 Å². The summed E-state index contributed by atoms with van der Waals surface area (Å²) >= 11 is 0. The van der Waals surface area contributed by atoms with E-state index in [0.717, 1.165) is 0 Å². The molecular weight excluding hydrogens is 224 g/mol. The van der Waals surface area contributed by atoms with Crippen LogP contribution in [0.4, 0.5) is 0 Å². The quantitative estimate of drug-likeness (QED) is 0.539. The van der Waals surface area contributed by atoms with Crippen LogP contribution in [0.25, 0.3) is 10.8 Å². The molecule has 0 radical (unpaired) electrons. The van der Waals surface area contributed by atoms with E-state index in [1.54, 1.807) is 0 Å². The van der Waals surface area contributed by atoms with Crippen LogP contribution in [-0.4, -0.2) is 0 Å². The number of hydrogen-bond donors (Lipinski definition) is 0. The van der Waals surface area contributed by atoms with Crippen molar-refractivity contribution in [3.05, 3.63) is 84.9 Å². The number of rotatable bonds is 0. The Bertz CT molecular complexity index is 434. The van der Waals surface area contributed by atoms with Gasteiger partial charge in [-0.15, -0.1) is 0 Å². The van der Waals surface area contributed by atoms with Gasteiger partial charge < -0.3 is 0 Å². The lowest BCUT2D eigenvalue weighted by Crippen LogP contribution is -1.67. The van der Waals surface area contributed by atoms with Crippen LogP contribution in [0, 0.1) is 0 Å². The van der Waals surface area contributed by atoms with Crippen molar-refractivity contribution in [2.75, 3.05) is 0 Å². The van der Waals surface area contributed by atoms with Crippen molar-refractivity contribution in [2.45, 2.75) is 0 Å². The van der Waals surface area contributed by atoms with E-state index in [1.807, 2.05) is 36.4 Å². The summed E-state index contributed by atoms with van der Waals surface area (Å²) in [6.45, 7) is 0. The van der Waals surface area contributed by atoms with Gasteiger partial charge in [0, 0.05) is 0 Å². The van der Waals surface area contributed by atoms with Crippen molar-refractivity contribution in [2.24, 2.45) is 0 Å². The van der Waals surface area contributed by atoms with Crippen LogP contribution in [0.2, 0.25) is 0 Å². The SMILES string of the molecule is [14cH]1[14cH][14cH][14cH][14cH][14cH]1.[14cH]1[14cH][14cH][14c]2[14cH][14cH][14cH][14cH][14c]2[14cH]1. The molecule has 0 atom stereocenters. The highest BCUT2D eigenvalue weighted by atomic mass is 15.9. The topological polar surface area (TPSA) is 0 Å². The van der Waals surface area contributed by atoms with Crippen LogP contribution in [0.5, 0.6) is 0 Å². The third kappa shape index (κ3) is 2.96. The van der Waals surface area contributed by atoms with Gasteiger partial charge in [0.1, 0.15) is 0 Å². The third-order valence-electron chi connectivity index (χ3n) is 2.33.